The van der Waals surface area contributed by atoms with E-state index in [1.165, 1.54) is 4.90 Å². The molecule has 2 aromatic rings. The Morgan fingerprint density at radius 1 is 1.08 bits per heavy atom. The summed E-state index contributed by atoms with van der Waals surface area (Å²) in [6.45, 7) is 2.28. The summed E-state index contributed by atoms with van der Waals surface area (Å²) in [7, 11) is -4.21. The number of carbonyl (C=O) groups is 1. The molecule has 0 unspecified atom stereocenters. The van der Waals surface area contributed by atoms with E-state index in [1.54, 1.807) is 12.1 Å². The number of amides is 1. The van der Waals surface area contributed by atoms with Gasteiger partial charge in [-0.3, -0.25) is 4.79 Å². The van der Waals surface area contributed by atoms with E-state index < -0.39 is 38.5 Å². The predicted molar refractivity (Wildman–Crippen MR) is 88.6 cm³/mol. The molecule has 0 aromatic heterocycles. The number of carbonyl (C=O) groups excluding carboxylic acids is 1. The highest BCUT2D eigenvalue weighted by Gasteiger charge is 2.35. The molecule has 0 saturated carbocycles. The predicted octanol–water partition coefficient (Wildman–Crippen LogP) is 2.36. The first-order valence-electron chi connectivity index (χ1n) is 7.63. The van der Waals surface area contributed by atoms with Gasteiger partial charge in [-0.2, -0.15) is 4.72 Å². The minimum Gasteiger partial charge on any atom is -0.311 e. The molecule has 0 radical (unpaired) electrons. The summed E-state index contributed by atoms with van der Waals surface area (Å²) >= 11 is 0. The van der Waals surface area contributed by atoms with Gasteiger partial charge in [-0.15, -0.1) is 0 Å². The highest BCUT2D eigenvalue weighted by Crippen LogP contribution is 2.23. The maximum atomic E-state index is 13.3. The van der Waals surface area contributed by atoms with Crippen LogP contribution in [0.1, 0.15) is 12.0 Å². The summed E-state index contributed by atoms with van der Waals surface area (Å²) in [4.78, 5) is 13.4. The lowest BCUT2D eigenvalue weighted by molar-refractivity contribution is -0.118. The van der Waals surface area contributed by atoms with Crippen molar-refractivity contribution in [3.05, 3.63) is 59.7 Å². The summed E-state index contributed by atoms with van der Waals surface area (Å²) in [6, 6.07) is 8.31. The fourth-order valence-electron chi connectivity index (χ4n) is 2.71. The second kappa shape index (κ2) is 6.53. The van der Waals surface area contributed by atoms with Crippen LogP contribution in [0.3, 0.4) is 0 Å². The fraction of sp³-hybridized carbons (Fsp3) is 0.235. The van der Waals surface area contributed by atoms with Crippen LogP contribution in [0.25, 0.3) is 0 Å². The maximum Gasteiger partial charge on any atom is 0.245 e. The number of aryl methyl sites for hydroxylation is 1. The smallest absolute Gasteiger partial charge is 0.245 e. The van der Waals surface area contributed by atoms with Crippen LogP contribution in [0, 0.1) is 18.6 Å². The van der Waals surface area contributed by atoms with Crippen molar-refractivity contribution in [2.75, 3.05) is 11.4 Å². The van der Waals surface area contributed by atoms with Gasteiger partial charge in [0.25, 0.3) is 0 Å². The molecular weight excluding hydrogens is 350 g/mol. The molecule has 1 amide bonds. The Morgan fingerprint density at radius 2 is 1.68 bits per heavy atom. The number of hydrogen-bond donors (Lipinski definition) is 1. The number of nitrogens with one attached hydrogen (secondary N) is 1. The normalized spacial score (nSPS) is 18.0. The van der Waals surface area contributed by atoms with E-state index in [0.29, 0.717) is 30.4 Å². The van der Waals surface area contributed by atoms with Gasteiger partial charge in [0, 0.05) is 18.3 Å². The van der Waals surface area contributed by atoms with Crippen LogP contribution in [-0.4, -0.2) is 26.9 Å². The minimum absolute atomic E-state index is 0.268. The van der Waals surface area contributed by atoms with Gasteiger partial charge < -0.3 is 4.90 Å². The topological polar surface area (TPSA) is 66.5 Å². The van der Waals surface area contributed by atoms with Crippen molar-refractivity contribution in [3.8, 4) is 0 Å². The molecule has 5 nitrogen and oxygen atoms in total. The van der Waals surface area contributed by atoms with Gasteiger partial charge in [-0.05, 0) is 37.6 Å². The molecule has 1 atom stereocenters. The van der Waals surface area contributed by atoms with Crippen LogP contribution in [0.5, 0.6) is 0 Å². The van der Waals surface area contributed by atoms with Crippen LogP contribution in [0.2, 0.25) is 0 Å². The van der Waals surface area contributed by atoms with Crippen LogP contribution >= 0.6 is 0 Å². The number of anilines is 1. The first-order valence-corrected chi connectivity index (χ1v) is 9.11. The molecule has 1 aliphatic heterocycles. The molecule has 1 N–H and O–H groups in total. The fourth-order valence-corrected chi connectivity index (χ4v) is 3.97. The van der Waals surface area contributed by atoms with Gasteiger partial charge in [0.1, 0.15) is 17.7 Å². The Kier molecular flexibility index (Phi) is 4.57. The Labute approximate surface area is 144 Å². The lowest BCUT2D eigenvalue weighted by Gasteiger charge is -2.17. The highest BCUT2D eigenvalue weighted by atomic mass is 32.2. The zero-order chi connectivity index (χ0) is 18.2. The van der Waals surface area contributed by atoms with Gasteiger partial charge >= 0.3 is 0 Å². The van der Waals surface area contributed by atoms with Crippen molar-refractivity contribution < 1.29 is 22.0 Å². The first-order chi connectivity index (χ1) is 11.8. The van der Waals surface area contributed by atoms with E-state index in [0.717, 1.165) is 5.56 Å². The van der Waals surface area contributed by atoms with Crippen LogP contribution in [0.4, 0.5) is 14.5 Å². The average molecular weight is 366 g/mol. The SMILES string of the molecule is Cc1ccc(N2CC[C@H](NS(=O)(=O)c3cc(F)cc(F)c3)C2=O)cc1. The Morgan fingerprint density at radius 3 is 2.28 bits per heavy atom. The van der Waals surface area contributed by atoms with Crippen molar-refractivity contribution in [1.82, 2.24) is 4.72 Å². The van der Waals surface area contributed by atoms with E-state index >= 15 is 0 Å². The van der Waals surface area contributed by atoms with Crippen molar-refractivity contribution in [2.45, 2.75) is 24.3 Å². The maximum absolute atomic E-state index is 13.3. The Balaban J connectivity index is 1.79. The standard InChI is InChI=1S/C17H16F2N2O3S/c1-11-2-4-14(5-3-11)21-7-6-16(17(21)22)20-25(23,24)15-9-12(18)8-13(19)10-15/h2-5,8-10,16,20H,6-7H2,1H3/t16-/m0/s1. The van der Waals surface area contributed by atoms with E-state index in [1.807, 2.05) is 19.1 Å². The zero-order valence-corrected chi connectivity index (χ0v) is 14.2. The number of hydrogen-bond acceptors (Lipinski definition) is 3. The molecular formula is C17H16F2N2O3S. The molecule has 8 heteroatoms. The van der Waals surface area contributed by atoms with Crippen molar-refractivity contribution in [2.24, 2.45) is 0 Å². The van der Waals surface area contributed by atoms with Gasteiger partial charge in [-0.1, -0.05) is 17.7 Å². The Bertz CT molecular complexity index is 894. The van der Waals surface area contributed by atoms with Crippen molar-refractivity contribution in [3.63, 3.8) is 0 Å². The van der Waals surface area contributed by atoms with E-state index in [2.05, 4.69) is 4.72 Å². The van der Waals surface area contributed by atoms with Crippen molar-refractivity contribution in [1.29, 1.82) is 0 Å². The van der Waals surface area contributed by atoms with E-state index in [-0.39, 0.29) is 6.42 Å². The number of nitrogens with zero attached hydrogens (tertiary/aromatic N) is 1. The van der Waals surface area contributed by atoms with Crippen LogP contribution < -0.4 is 9.62 Å². The summed E-state index contributed by atoms with van der Waals surface area (Å²) in [5.74, 6) is -2.40. The third-order valence-corrected chi connectivity index (χ3v) is 5.45. The molecule has 1 fully saturated rings. The molecule has 1 aliphatic rings. The van der Waals surface area contributed by atoms with Gasteiger partial charge in [-0.25, -0.2) is 17.2 Å². The number of rotatable bonds is 4. The third-order valence-electron chi connectivity index (χ3n) is 3.99. The molecule has 1 saturated heterocycles. The van der Waals surface area contributed by atoms with E-state index in [4.69, 9.17) is 0 Å². The molecule has 0 aliphatic carbocycles. The van der Waals surface area contributed by atoms with Gasteiger partial charge in [0.2, 0.25) is 15.9 Å². The first kappa shape index (κ1) is 17.5. The largest absolute Gasteiger partial charge is 0.311 e. The highest BCUT2D eigenvalue weighted by molar-refractivity contribution is 7.89. The molecule has 132 valence electrons. The quantitative estimate of drug-likeness (QED) is 0.903. The van der Waals surface area contributed by atoms with Gasteiger partial charge in [0.05, 0.1) is 4.90 Å². The van der Waals surface area contributed by atoms with Crippen LogP contribution in [0.15, 0.2) is 47.4 Å². The third kappa shape index (κ3) is 3.69. The minimum atomic E-state index is -4.21. The van der Waals surface area contributed by atoms with Crippen molar-refractivity contribution >= 4 is 21.6 Å². The summed E-state index contributed by atoms with van der Waals surface area (Å²) in [5, 5.41) is 0. The number of benzene rings is 2. The Hall–Kier alpha value is -2.32. The van der Waals surface area contributed by atoms with E-state index in [9.17, 15) is 22.0 Å². The molecule has 2 aromatic carbocycles. The molecule has 0 bridgehead atoms. The molecule has 1 heterocycles. The molecule has 0 spiro atoms. The lowest BCUT2D eigenvalue weighted by Crippen LogP contribution is -2.41. The summed E-state index contributed by atoms with van der Waals surface area (Å²) in [5.41, 5.74) is 1.72. The second-order valence-electron chi connectivity index (χ2n) is 5.89. The lowest BCUT2D eigenvalue weighted by atomic mass is 10.2. The zero-order valence-electron chi connectivity index (χ0n) is 13.4. The molecule has 25 heavy (non-hydrogen) atoms. The van der Waals surface area contributed by atoms with Gasteiger partial charge in [0.15, 0.2) is 0 Å². The molecule has 3 rings (SSSR count). The number of halogens is 2. The number of sulfonamides is 1. The van der Waals surface area contributed by atoms with Crippen LogP contribution in [-0.2, 0) is 14.8 Å². The summed E-state index contributed by atoms with van der Waals surface area (Å²) in [6.07, 6.45) is 0.268. The average Bonchev–Trinajstić information content (AvgIpc) is 2.88. The second-order valence-corrected chi connectivity index (χ2v) is 7.61. The monoisotopic (exact) mass is 366 g/mol. The summed E-state index contributed by atoms with van der Waals surface area (Å²) < 4.78 is 53.4.